The van der Waals surface area contributed by atoms with Crippen molar-refractivity contribution in [3.63, 3.8) is 0 Å². The number of hydrogen-bond donors (Lipinski definition) is 0. The molecule has 1 fully saturated rings. The summed E-state index contributed by atoms with van der Waals surface area (Å²) in [4.78, 5) is 34.4. The largest absolute Gasteiger partial charge is 0.431 e. The first-order chi connectivity index (χ1) is 16.6. The smallest absolute Gasteiger partial charge is 0.291 e. The number of hydrogen-bond acceptors (Lipinski definition) is 4. The molecular weight excluding hydrogens is 450 g/mol. The van der Waals surface area contributed by atoms with Gasteiger partial charge in [-0.3, -0.25) is 9.59 Å². The number of carbonyl (C=O) groups is 2. The number of piperazine rings is 1. The number of halogens is 1. The molecule has 2 heterocycles. The Morgan fingerprint density at radius 3 is 2.24 bits per heavy atom. The predicted molar refractivity (Wildman–Crippen MR) is 130 cm³/mol. The molecule has 1 aliphatic rings. The van der Waals surface area contributed by atoms with Gasteiger partial charge in [0.15, 0.2) is 0 Å². The summed E-state index contributed by atoms with van der Waals surface area (Å²) in [6.45, 7) is 1.12. The number of amides is 2. The van der Waals surface area contributed by atoms with Gasteiger partial charge in [-0.2, -0.15) is 0 Å². The summed E-state index contributed by atoms with van der Waals surface area (Å²) < 4.78 is 5.78. The van der Waals surface area contributed by atoms with Crippen molar-refractivity contribution in [3.8, 4) is 11.5 Å². The lowest BCUT2D eigenvalue weighted by Crippen LogP contribution is -2.52. The maximum absolute atomic E-state index is 13.3. The van der Waals surface area contributed by atoms with Crippen LogP contribution in [0, 0.1) is 0 Å². The third-order valence-electron chi connectivity index (χ3n) is 5.94. The molecule has 170 valence electrons. The maximum Gasteiger partial charge on any atom is 0.291 e. The van der Waals surface area contributed by atoms with Crippen LogP contribution in [0.2, 0.25) is 5.02 Å². The van der Waals surface area contributed by atoms with E-state index in [1.807, 2.05) is 65.6 Å². The quantitative estimate of drug-likeness (QED) is 0.403. The van der Waals surface area contributed by atoms with Crippen molar-refractivity contribution in [1.82, 2.24) is 14.8 Å². The second-order valence-electron chi connectivity index (χ2n) is 8.08. The molecule has 6 nitrogen and oxygen atoms in total. The van der Waals surface area contributed by atoms with Crippen molar-refractivity contribution in [3.05, 3.63) is 113 Å². The molecule has 0 radical (unpaired) electrons. The van der Waals surface area contributed by atoms with Crippen molar-refractivity contribution < 1.29 is 14.0 Å². The minimum atomic E-state index is -0.320. The predicted octanol–water partition coefficient (Wildman–Crippen LogP) is 5.33. The first-order valence-corrected chi connectivity index (χ1v) is 11.4. The Morgan fingerprint density at radius 1 is 0.853 bits per heavy atom. The second kappa shape index (κ2) is 9.53. The van der Waals surface area contributed by atoms with Crippen LogP contribution in [0.4, 0.5) is 0 Å². The number of nitrogens with zero attached hydrogens (tertiary/aromatic N) is 3. The van der Waals surface area contributed by atoms with Crippen molar-refractivity contribution >= 4 is 23.4 Å². The van der Waals surface area contributed by atoms with E-state index in [1.165, 1.54) is 6.20 Å². The average molecular weight is 472 g/mol. The fourth-order valence-corrected chi connectivity index (χ4v) is 4.30. The molecule has 0 spiro atoms. The number of benzene rings is 3. The highest BCUT2D eigenvalue weighted by Crippen LogP contribution is 2.29. The Kier molecular flexibility index (Phi) is 6.14. The fourth-order valence-electron chi connectivity index (χ4n) is 4.17. The zero-order valence-electron chi connectivity index (χ0n) is 18.3. The van der Waals surface area contributed by atoms with Crippen molar-refractivity contribution in [1.29, 1.82) is 0 Å². The molecular formula is C27H22ClN3O3. The van der Waals surface area contributed by atoms with Gasteiger partial charge in [-0.1, -0.05) is 60.1 Å². The van der Waals surface area contributed by atoms with Crippen LogP contribution in [0.3, 0.4) is 0 Å². The zero-order valence-corrected chi connectivity index (χ0v) is 19.1. The van der Waals surface area contributed by atoms with Gasteiger partial charge in [0.25, 0.3) is 11.8 Å². The van der Waals surface area contributed by atoms with Gasteiger partial charge in [-0.05, 0) is 42.0 Å². The minimum absolute atomic E-state index is 0.0707. The first-order valence-electron chi connectivity index (χ1n) is 11.0. The van der Waals surface area contributed by atoms with E-state index in [1.54, 1.807) is 29.2 Å². The van der Waals surface area contributed by atoms with Crippen LogP contribution in [-0.4, -0.2) is 46.2 Å². The van der Waals surface area contributed by atoms with Crippen molar-refractivity contribution in [2.45, 2.75) is 6.04 Å². The minimum Gasteiger partial charge on any atom is -0.431 e. The van der Waals surface area contributed by atoms with Gasteiger partial charge in [0.1, 0.15) is 0 Å². The molecule has 0 bridgehead atoms. The monoisotopic (exact) mass is 471 g/mol. The SMILES string of the molecule is O=C(c1cnc(-c2ccccc2)o1)N1CCN(C(=O)c2ccccc2)C(c2ccc(Cl)cc2)C1. The van der Waals surface area contributed by atoms with E-state index >= 15 is 0 Å². The molecule has 7 heteroatoms. The summed E-state index contributed by atoms with van der Waals surface area (Å²) in [5.41, 5.74) is 2.33. The van der Waals surface area contributed by atoms with E-state index in [-0.39, 0.29) is 23.6 Å². The molecule has 4 aromatic rings. The third-order valence-corrected chi connectivity index (χ3v) is 6.19. The normalized spacial score (nSPS) is 15.9. The highest BCUT2D eigenvalue weighted by atomic mass is 35.5. The van der Waals surface area contributed by atoms with E-state index in [9.17, 15) is 9.59 Å². The van der Waals surface area contributed by atoms with E-state index in [0.717, 1.165) is 11.1 Å². The number of aromatic nitrogens is 1. The lowest BCUT2D eigenvalue weighted by molar-refractivity contribution is 0.0369. The van der Waals surface area contributed by atoms with Gasteiger partial charge in [0.05, 0.1) is 12.2 Å². The lowest BCUT2D eigenvalue weighted by atomic mass is 10.0. The molecule has 1 saturated heterocycles. The molecule has 5 rings (SSSR count). The highest BCUT2D eigenvalue weighted by molar-refractivity contribution is 6.30. The van der Waals surface area contributed by atoms with E-state index < -0.39 is 0 Å². The van der Waals surface area contributed by atoms with Crippen molar-refractivity contribution in [2.24, 2.45) is 0 Å². The molecule has 1 atom stereocenters. The Bertz CT molecular complexity index is 1290. The van der Waals surface area contributed by atoms with Gasteiger partial charge < -0.3 is 14.2 Å². The van der Waals surface area contributed by atoms with E-state index in [4.69, 9.17) is 16.0 Å². The lowest BCUT2D eigenvalue weighted by Gasteiger charge is -2.41. The maximum atomic E-state index is 13.3. The fraction of sp³-hybridized carbons (Fsp3) is 0.148. The van der Waals surface area contributed by atoms with Crippen LogP contribution in [-0.2, 0) is 0 Å². The van der Waals surface area contributed by atoms with Gasteiger partial charge in [0, 0.05) is 35.8 Å². The molecule has 2 amide bonds. The van der Waals surface area contributed by atoms with Crippen LogP contribution >= 0.6 is 11.6 Å². The first kappa shape index (κ1) is 21.9. The van der Waals surface area contributed by atoms with Gasteiger partial charge >= 0.3 is 0 Å². The molecule has 0 aliphatic carbocycles. The summed E-state index contributed by atoms with van der Waals surface area (Å²) in [6, 6.07) is 25.7. The molecule has 1 unspecified atom stereocenters. The van der Waals surface area contributed by atoms with E-state index in [0.29, 0.717) is 36.1 Å². The Hall–Kier alpha value is -3.90. The zero-order chi connectivity index (χ0) is 23.5. The van der Waals surface area contributed by atoms with Crippen LogP contribution in [0.25, 0.3) is 11.5 Å². The summed E-state index contributed by atoms with van der Waals surface area (Å²) in [7, 11) is 0. The molecule has 0 N–H and O–H groups in total. The van der Waals surface area contributed by atoms with Gasteiger partial charge in [-0.25, -0.2) is 4.98 Å². The topological polar surface area (TPSA) is 66.7 Å². The van der Waals surface area contributed by atoms with Crippen LogP contribution in [0.5, 0.6) is 0 Å². The third kappa shape index (κ3) is 4.45. The molecule has 1 aromatic heterocycles. The number of oxazole rings is 1. The van der Waals surface area contributed by atoms with Crippen LogP contribution < -0.4 is 0 Å². The summed E-state index contributed by atoms with van der Waals surface area (Å²) in [6.07, 6.45) is 1.46. The van der Waals surface area contributed by atoms with Gasteiger partial charge in [0.2, 0.25) is 11.7 Å². The number of rotatable bonds is 4. The Balaban J connectivity index is 1.40. The molecule has 0 saturated carbocycles. The van der Waals surface area contributed by atoms with Crippen LogP contribution in [0.15, 0.2) is 95.5 Å². The van der Waals surface area contributed by atoms with Crippen LogP contribution in [0.1, 0.15) is 32.5 Å². The number of carbonyl (C=O) groups excluding carboxylic acids is 2. The molecule has 34 heavy (non-hydrogen) atoms. The Morgan fingerprint density at radius 2 is 1.53 bits per heavy atom. The highest BCUT2D eigenvalue weighted by Gasteiger charge is 2.35. The standard InChI is InChI=1S/C27H22ClN3O3/c28-22-13-11-19(12-14-22)23-18-30(15-16-31(23)26(32)21-9-5-2-6-10-21)27(33)24-17-29-25(34-24)20-7-3-1-4-8-20/h1-14,17,23H,15-16,18H2. The second-order valence-corrected chi connectivity index (χ2v) is 8.52. The molecule has 1 aliphatic heterocycles. The summed E-state index contributed by atoms with van der Waals surface area (Å²) in [5, 5.41) is 0.614. The van der Waals surface area contributed by atoms with Crippen molar-refractivity contribution in [2.75, 3.05) is 19.6 Å². The van der Waals surface area contributed by atoms with E-state index in [2.05, 4.69) is 4.98 Å². The molecule has 3 aromatic carbocycles. The summed E-state index contributed by atoms with van der Waals surface area (Å²) >= 11 is 6.09. The summed E-state index contributed by atoms with van der Waals surface area (Å²) in [5.74, 6) is 0.256. The average Bonchev–Trinajstić information content (AvgIpc) is 3.39. The van der Waals surface area contributed by atoms with Gasteiger partial charge in [-0.15, -0.1) is 0 Å². The Labute approximate surface area is 202 Å².